The predicted molar refractivity (Wildman–Crippen MR) is 54.7 cm³/mol. The summed E-state index contributed by atoms with van der Waals surface area (Å²) in [4.78, 5) is 15.6. The standard InChI is InChI=1S/C8H7N5O2S/c14-6-3-16-2-4(6)8-10-7(12-15-8)5-1-9-13-11-5/h1,4H,2-3H2,(H,9,11,13). The van der Waals surface area contributed by atoms with Crippen molar-refractivity contribution < 1.29 is 9.32 Å². The Kier molecular flexibility index (Phi) is 2.21. The van der Waals surface area contributed by atoms with E-state index in [0.717, 1.165) is 0 Å². The minimum atomic E-state index is -0.266. The lowest BCUT2D eigenvalue weighted by atomic mass is 10.1. The van der Waals surface area contributed by atoms with Crippen LogP contribution in [-0.4, -0.2) is 42.8 Å². The summed E-state index contributed by atoms with van der Waals surface area (Å²) >= 11 is 1.58. The number of carbonyl (C=O) groups excluding carboxylic acids is 1. The Bertz CT molecular complexity index is 508. The summed E-state index contributed by atoms with van der Waals surface area (Å²) in [5.74, 6) is 1.82. The minimum absolute atomic E-state index is 0.139. The van der Waals surface area contributed by atoms with Gasteiger partial charge < -0.3 is 4.52 Å². The number of rotatable bonds is 2. The molecular formula is C8H7N5O2S. The highest BCUT2D eigenvalue weighted by Crippen LogP contribution is 2.29. The van der Waals surface area contributed by atoms with E-state index >= 15 is 0 Å². The summed E-state index contributed by atoms with van der Waals surface area (Å²) in [5, 5.41) is 13.7. The summed E-state index contributed by atoms with van der Waals surface area (Å²) in [6.07, 6.45) is 1.50. The Balaban J connectivity index is 1.91. The highest BCUT2D eigenvalue weighted by Gasteiger charge is 2.31. The van der Waals surface area contributed by atoms with Gasteiger partial charge in [-0.05, 0) is 0 Å². The van der Waals surface area contributed by atoms with E-state index < -0.39 is 0 Å². The summed E-state index contributed by atoms with van der Waals surface area (Å²) in [6.45, 7) is 0. The number of hydrogen-bond acceptors (Lipinski definition) is 7. The zero-order valence-electron chi connectivity index (χ0n) is 8.08. The summed E-state index contributed by atoms with van der Waals surface area (Å²) in [6, 6.07) is 0. The largest absolute Gasteiger partial charge is 0.338 e. The summed E-state index contributed by atoms with van der Waals surface area (Å²) in [5.41, 5.74) is 0.507. The molecule has 3 rings (SSSR count). The van der Waals surface area contributed by atoms with Gasteiger partial charge in [0, 0.05) is 5.75 Å². The normalized spacial score (nSPS) is 20.5. The van der Waals surface area contributed by atoms with Gasteiger partial charge in [0.2, 0.25) is 11.7 Å². The van der Waals surface area contributed by atoms with Gasteiger partial charge in [0.1, 0.15) is 5.92 Å². The zero-order chi connectivity index (χ0) is 11.0. The molecule has 1 atom stereocenters. The van der Waals surface area contributed by atoms with Crippen molar-refractivity contribution in [3.8, 4) is 11.5 Å². The first-order valence-electron chi connectivity index (χ1n) is 4.65. The van der Waals surface area contributed by atoms with Crippen LogP contribution in [0.1, 0.15) is 11.8 Å². The van der Waals surface area contributed by atoms with E-state index in [0.29, 0.717) is 28.9 Å². The Labute approximate surface area is 94.0 Å². The summed E-state index contributed by atoms with van der Waals surface area (Å²) in [7, 11) is 0. The van der Waals surface area contributed by atoms with Gasteiger partial charge in [-0.3, -0.25) is 4.79 Å². The van der Waals surface area contributed by atoms with Gasteiger partial charge in [-0.1, -0.05) is 5.16 Å². The molecule has 82 valence electrons. The first kappa shape index (κ1) is 9.52. The minimum Gasteiger partial charge on any atom is -0.338 e. The topological polar surface area (TPSA) is 97.6 Å². The number of hydrogen-bond donors (Lipinski definition) is 1. The van der Waals surface area contributed by atoms with Gasteiger partial charge >= 0.3 is 0 Å². The number of thioether (sulfide) groups is 1. The Morgan fingerprint density at radius 2 is 2.50 bits per heavy atom. The van der Waals surface area contributed by atoms with E-state index in [2.05, 4.69) is 25.6 Å². The number of aromatic nitrogens is 5. The van der Waals surface area contributed by atoms with Crippen molar-refractivity contribution >= 4 is 17.5 Å². The fourth-order valence-electron chi connectivity index (χ4n) is 1.47. The number of ketones is 1. The zero-order valence-corrected chi connectivity index (χ0v) is 8.90. The maximum absolute atomic E-state index is 11.5. The molecule has 1 aliphatic heterocycles. The molecule has 0 aliphatic carbocycles. The third-order valence-electron chi connectivity index (χ3n) is 2.30. The first-order chi connectivity index (χ1) is 7.84. The second kappa shape index (κ2) is 3.71. The van der Waals surface area contributed by atoms with E-state index in [9.17, 15) is 4.79 Å². The molecule has 0 aromatic carbocycles. The van der Waals surface area contributed by atoms with Gasteiger partial charge in [-0.2, -0.15) is 32.2 Å². The number of aromatic amines is 1. The average Bonchev–Trinajstić information content (AvgIpc) is 2.96. The van der Waals surface area contributed by atoms with Gasteiger partial charge in [0.15, 0.2) is 11.5 Å². The lowest BCUT2D eigenvalue weighted by Gasteiger charge is -1.97. The number of carbonyl (C=O) groups is 1. The molecule has 7 nitrogen and oxygen atoms in total. The van der Waals surface area contributed by atoms with Crippen molar-refractivity contribution in [2.75, 3.05) is 11.5 Å². The van der Waals surface area contributed by atoms with Crippen LogP contribution in [0.2, 0.25) is 0 Å². The van der Waals surface area contributed by atoms with E-state index in [-0.39, 0.29) is 11.7 Å². The molecule has 0 radical (unpaired) electrons. The molecule has 0 spiro atoms. The van der Waals surface area contributed by atoms with Crippen molar-refractivity contribution in [1.82, 2.24) is 25.6 Å². The maximum atomic E-state index is 11.5. The van der Waals surface area contributed by atoms with Crippen LogP contribution >= 0.6 is 11.8 Å². The molecule has 3 heterocycles. The van der Waals surface area contributed by atoms with Crippen LogP contribution in [0.3, 0.4) is 0 Å². The highest BCUT2D eigenvalue weighted by atomic mass is 32.2. The molecule has 1 aliphatic rings. The van der Waals surface area contributed by atoms with E-state index in [1.54, 1.807) is 11.8 Å². The lowest BCUT2D eigenvalue weighted by molar-refractivity contribution is -0.117. The summed E-state index contributed by atoms with van der Waals surface area (Å²) < 4.78 is 5.07. The quantitative estimate of drug-likeness (QED) is 0.799. The van der Waals surface area contributed by atoms with Crippen molar-refractivity contribution in [3.05, 3.63) is 12.1 Å². The van der Waals surface area contributed by atoms with E-state index in [1.165, 1.54) is 6.20 Å². The predicted octanol–water partition coefficient (Wildman–Crippen LogP) is 0.254. The Morgan fingerprint density at radius 3 is 3.19 bits per heavy atom. The molecule has 1 saturated heterocycles. The van der Waals surface area contributed by atoms with Crippen LogP contribution in [-0.2, 0) is 4.79 Å². The third-order valence-corrected chi connectivity index (χ3v) is 3.36. The van der Waals surface area contributed by atoms with Crippen LogP contribution in [0.4, 0.5) is 0 Å². The second-order valence-corrected chi connectivity index (χ2v) is 4.38. The maximum Gasteiger partial charge on any atom is 0.238 e. The average molecular weight is 237 g/mol. The van der Waals surface area contributed by atoms with Crippen LogP contribution in [0.15, 0.2) is 10.7 Å². The molecule has 8 heteroatoms. The van der Waals surface area contributed by atoms with Gasteiger partial charge in [0.05, 0.1) is 11.9 Å². The number of Topliss-reactive ketones (excluding diaryl/α,β-unsaturated/α-hetero) is 1. The van der Waals surface area contributed by atoms with E-state index in [4.69, 9.17) is 4.52 Å². The smallest absolute Gasteiger partial charge is 0.238 e. The van der Waals surface area contributed by atoms with E-state index in [1.807, 2.05) is 0 Å². The molecular weight excluding hydrogens is 230 g/mol. The molecule has 2 aromatic heterocycles. The molecule has 2 aromatic rings. The van der Waals surface area contributed by atoms with Crippen LogP contribution in [0.25, 0.3) is 11.5 Å². The van der Waals surface area contributed by atoms with Crippen molar-refractivity contribution in [3.63, 3.8) is 0 Å². The fraction of sp³-hybridized carbons (Fsp3) is 0.375. The van der Waals surface area contributed by atoms with Crippen LogP contribution in [0.5, 0.6) is 0 Å². The van der Waals surface area contributed by atoms with Crippen LogP contribution in [0, 0.1) is 0 Å². The fourth-order valence-corrected chi connectivity index (χ4v) is 2.55. The second-order valence-electron chi connectivity index (χ2n) is 3.35. The lowest BCUT2D eigenvalue weighted by Crippen LogP contribution is -2.09. The van der Waals surface area contributed by atoms with Crippen molar-refractivity contribution in [2.24, 2.45) is 0 Å². The monoisotopic (exact) mass is 237 g/mol. The Morgan fingerprint density at radius 1 is 1.56 bits per heavy atom. The van der Waals surface area contributed by atoms with Gasteiger partial charge in [0.25, 0.3) is 0 Å². The van der Waals surface area contributed by atoms with Gasteiger partial charge in [-0.25, -0.2) is 0 Å². The van der Waals surface area contributed by atoms with Crippen molar-refractivity contribution in [1.29, 1.82) is 0 Å². The molecule has 16 heavy (non-hydrogen) atoms. The van der Waals surface area contributed by atoms with Crippen molar-refractivity contribution in [2.45, 2.75) is 5.92 Å². The molecule has 0 saturated carbocycles. The molecule has 0 bridgehead atoms. The number of nitrogens with zero attached hydrogens (tertiary/aromatic N) is 4. The molecule has 1 N–H and O–H groups in total. The SMILES string of the molecule is O=C1CSCC1c1nc(-c2cn[nH]n2)no1. The molecule has 0 amide bonds. The molecule has 1 fully saturated rings. The highest BCUT2D eigenvalue weighted by molar-refractivity contribution is 8.00. The molecule has 1 unspecified atom stereocenters. The first-order valence-corrected chi connectivity index (χ1v) is 5.80. The van der Waals surface area contributed by atoms with Gasteiger partial charge in [-0.15, -0.1) is 0 Å². The number of H-pyrrole nitrogens is 1. The number of nitrogens with one attached hydrogen (secondary N) is 1. The third kappa shape index (κ3) is 1.51. The Hall–Kier alpha value is -1.70. The van der Waals surface area contributed by atoms with Crippen LogP contribution < -0.4 is 0 Å².